The van der Waals surface area contributed by atoms with Gasteiger partial charge in [0.1, 0.15) is 0 Å². The molecule has 1 aromatic heterocycles. The van der Waals surface area contributed by atoms with Crippen LogP contribution in [-0.4, -0.2) is 11.1 Å². The van der Waals surface area contributed by atoms with Crippen LogP contribution in [0.1, 0.15) is 37.4 Å². The predicted octanol–water partition coefficient (Wildman–Crippen LogP) is 3.60. The Morgan fingerprint density at radius 3 is 2.67 bits per heavy atom. The van der Waals surface area contributed by atoms with Gasteiger partial charge in [0.25, 0.3) is 0 Å². The molecule has 0 bridgehead atoms. The summed E-state index contributed by atoms with van der Waals surface area (Å²) in [5.41, 5.74) is 2.70. The van der Waals surface area contributed by atoms with E-state index in [0.29, 0.717) is 6.04 Å². The molecule has 2 heteroatoms. The van der Waals surface area contributed by atoms with Crippen molar-refractivity contribution < 1.29 is 0 Å². The van der Waals surface area contributed by atoms with Crippen molar-refractivity contribution >= 4 is 0 Å². The standard InChI is InChI=1S/C16H22N2/c1-3-10-17-12-15-9-11-18(13-15)14(2)16-7-5-4-6-8-16/h4-9,11,13-14,17H,3,10,12H2,1-2H3/t14-/m0/s1. The Kier molecular flexibility index (Phi) is 4.59. The molecule has 0 aliphatic carbocycles. The maximum absolute atomic E-state index is 3.43. The number of aromatic nitrogens is 1. The molecular weight excluding hydrogens is 220 g/mol. The number of rotatable bonds is 6. The van der Waals surface area contributed by atoms with Gasteiger partial charge in [0, 0.05) is 18.9 Å². The molecule has 0 aliphatic heterocycles. The summed E-state index contributed by atoms with van der Waals surface area (Å²) in [6.45, 7) is 6.47. The lowest BCUT2D eigenvalue weighted by Gasteiger charge is -2.13. The summed E-state index contributed by atoms with van der Waals surface area (Å²) in [5, 5.41) is 3.43. The Balaban J connectivity index is 2.01. The van der Waals surface area contributed by atoms with Gasteiger partial charge in [-0.25, -0.2) is 0 Å². The SMILES string of the molecule is CCCNCc1ccn([C@@H](C)c2ccccc2)c1. The highest BCUT2D eigenvalue weighted by molar-refractivity contribution is 5.21. The van der Waals surface area contributed by atoms with E-state index in [1.165, 1.54) is 17.5 Å². The molecule has 2 nitrogen and oxygen atoms in total. The van der Waals surface area contributed by atoms with Crippen LogP contribution in [0.3, 0.4) is 0 Å². The fraction of sp³-hybridized carbons (Fsp3) is 0.375. The van der Waals surface area contributed by atoms with E-state index in [9.17, 15) is 0 Å². The summed E-state index contributed by atoms with van der Waals surface area (Å²) in [6.07, 6.45) is 5.59. The third kappa shape index (κ3) is 3.23. The molecule has 2 aromatic rings. The zero-order valence-corrected chi connectivity index (χ0v) is 11.3. The van der Waals surface area contributed by atoms with Crippen molar-refractivity contribution in [1.29, 1.82) is 0 Å². The Morgan fingerprint density at radius 2 is 1.94 bits per heavy atom. The first-order chi connectivity index (χ1) is 8.81. The minimum Gasteiger partial charge on any atom is -0.347 e. The Bertz CT molecular complexity index is 459. The van der Waals surface area contributed by atoms with E-state index in [4.69, 9.17) is 0 Å². The van der Waals surface area contributed by atoms with Crippen molar-refractivity contribution in [2.75, 3.05) is 6.54 Å². The number of nitrogens with one attached hydrogen (secondary N) is 1. The summed E-state index contributed by atoms with van der Waals surface area (Å²) in [7, 11) is 0. The summed E-state index contributed by atoms with van der Waals surface area (Å²) < 4.78 is 2.28. The van der Waals surface area contributed by atoms with Gasteiger partial charge in [-0.2, -0.15) is 0 Å². The van der Waals surface area contributed by atoms with Crippen LogP contribution in [-0.2, 0) is 6.54 Å². The molecule has 96 valence electrons. The second-order valence-corrected chi connectivity index (χ2v) is 4.73. The molecule has 2 rings (SSSR count). The maximum Gasteiger partial charge on any atom is 0.0551 e. The third-order valence-corrected chi connectivity index (χ3v) is 3.26. The second-order valence-electron chi connectivity index (χ2n) is 4.73. The van der Waals surface area contributed by atoms with Gasteiger partial charge in [0.2, 0.25) is 0 Å². The van der Waals surface area contributed by atoms with Gasteiger partial charge in [-0.3, -0.25) is 0 Å². The summed E-state index contributed by atoms with van der Waals surface area (Å²) in [5.74, 6) is 0. The average molecular weight is 242 g/mol. The summed E-state index contributed by atoms with van der Waals surface area (Å²) >= 11 is 0. The third-order valence-electron chi connectivity index (χ3n) is 3.26. The molecule has 0 unspecified atom stereocenters. The van der Waals surface area contributed by atoms with E-state index in [1.54, 1.807) is 0 Å². The lowest BCUT2D eigenvalue weighted by atomic mass is 10.1. The molecule has 0 aliphatic rings. The molecule has 1 aromatic carbocycles. The van der Waals surface area contributed by atoms with Gasteiger partial charge < -0.3 is 9.88 Å². The van der Waals surface area contributed by atoms with Crippen molar-refractivity contribution in [1.82, 2.24) is 9.88 Å². The van der Waals surface area contributed by atoms with Gasteiger partial charge in [-0.15, -0.1) is 0 Å². The van der Waals surface area contributed by atoms with Gasteiger partial charge in [0.05, 0.1) is 6.04 Å². The second kappa shape index (κ2) is 6.41. The van der Waals surface area contributed by atoms with Crippen LogP contribution in [0.5, 0.6) is 0 Å². The van der Waals surface area contributed by atoms with E-state index >= 15 is 0 Å². The van der Waals surface area contributed by atoms with Gasteiger partial charge >= 0.3 is 0 Å². The van der Waals surface area contributed by atoms with Crippen molar-refractivity contribution in [3.63, 3.8) is 0 Å². The largest absolute Gasteiger partial charge is 0.347 e. The van der Waals surface area contributed by atoms with E-state index < -0.39 is 0 Å². The van der Waals surface area contributed by atoms with Crippen molar-refractivity contribution in [3.8, 4) is 0 Å². The zero-order chi connectivity index (χ0) is 12.8. The Hall–Kier alpha value is -1.54. The van der Waals surface area contributed by atoms with Crippen molar-refractivity contribution in [2.45, 2.75) is 32.9 Å². The van der Waals surface area contributed by atoms with Crippen LogP contribution < -0.4 is 5.32 Å². The highest BCUT2D eigenvalue weighted by Gasteiger charge is 2.06. The number of hydrogen-bond acceptors (Lipinski definition) is 1. The molecule has 18 heavy (non-hydrogen) atoms. The van der Waals surface area contributed by atoms with Crippen molar-refractivity contribution in [3.05, 3.63) is 59.9 Å². The topological polar surface area (TPSA) is 17.0 Å². The van der Waals surface area contributed by atoms with Gasteiger partial charge in [-0.05, 0) is 37.1 Å². The van der Waals surface area contributed by atoms with E-state index in [0.717, 1.165) is 13.1 Å². The first kappa shape index (κ1) is 12.9. The van der Waals surface area contributed by atoms with Crippen LogP contribution in [0.25, 0.3) is 0 Å². The fourth-order valence-corrected chi connectivity index (χ4v) is 2.12. The lowest BCUT2D eigenvalue weighted by Crippen LogP contribution is -2.13. The summed E-state index contributed by atoms with van der Waals surface area (Å²) in [6, 6.07) is 13.2. The van der Waals surface area contributed by atoms with Crippen LogP contribution in [0.4, 0.5) is 0 Å². The maximum atomic E-state index is 3.43. The van der Waals surface area contributed by atoms with E-state index in [-0.39, 0.29) is 0 Å². The Labute approximate surface area is 110 Å². The highest BCUT2D eigenvalue weighted by atomic mass is 15.0. The van der Waals surface area contributed by atoms with Crippen LogP contribution in [0, 0.1) is 0 Å². The first-order valence-corrected chi connectivity index (χ1v) is 6.73. The molecule has 1 heterocycles. The molecular formula is C16H22N2. The molecule has 0 spiro atoms. The average Bonchev–Trinajstić information content (AvgIpc) is 2.88. The molecule has 0 saturated heterocycles. The molecule has 0 radical (unpaired) electrons. The minimum atomic E-state index is 0.395. The van der Waals surface area contributed by atoms with Crippen molar-refractivity contribution in [2.24, 2.45) is 0 Å². The predicted molar refractivity (Wildman–Crippen MR) is 76.7 cm³/mol. The normalized spacial score (nSPS) is 12.6. The lowest BCUT2D eigenvalue weighted by molar-refractivity contribution is 0.635. The van der Waals surface area contributed by atoms with Crippen LogP contribution in [0.2, 0.25) is 0 Å². The molecule has 0 fully saturated rings. The number of benzene rings is 1. The minimum absolute atomic E-state index is 0.395. The van der Waals surface area contributed by atoms with Gasteiger partial charge in [-0.1, -0.05) is 37.3 Å². The number of hydrogen-bond donors (Lipinski definition) is 1. The monoisotopic (exact) mass is 242 g/mol. The zero-order valence-electron chi connectivity index (χ0n) is 11.3. The summed E-state index contributed by atoms with van der Waals surface area (Å²) in [4.78, 5) is 0. The smallest absolute Gasteiger partial charge is 0.0551 e. The van der Waals surface area contributed by atoms with Crippen LogP contribution in [0.15, 0.2) is 48.8 Å². The fourth-order valence-electron chi connectivity index (χ4n) is 2.12. The highest BCUT2D eigenvalue weighted by Crippen LogP contribution is 2.18. The molecule has 1 N–H and O–H groups in total. The van der Waals surface area contributed by atoms with E-state index in [1.807, 2.05) is 0 Å². The Morgan fingerprint density at radius 1 is 1.17 bits per heavy atom. The molecule has 0 amide bonds. The molecule has 1 atom stereocenters. The van der Waals surface area contributed by atoms with Gasteiger partial charge in [0.15, 0.2) is 0 Å². The molecule has 0 saturated carbocycles. The number of nitrogens with zero attached hydrogens (tertiary/aromatic N) is 1. The quantitative estimate of drug-likeness (QED) is 0.766. The van der Waals surface area contributed by atoms with Crippen LogP contribution >= 0.6 is 0 Å². The first-order valence-electron chi connectivity index (χ1n) is 6.73. The van der Waals surface area contributed by atoms with E-state index in [2.05, 4.69) is 72.5 Å².